The summed E-state index contributed by atoms with van der Waals surface area (Å²) in [6, 6.07) is 0. The number of unbranched alkanes of at least 4 members (excludes halogenated alkanes) is 2. The monoisotopic (exact) mass is 552 g/mol. The number of rotatable bonds is 14. The van der Waals surface area contributed by atoms with E-state index in [4.69, 9.17) is 6.15 Å². The van der Waals surface area contributed by atoms with Crippen molar-refractivity contribution in [2.45, 2.75) is 106 Å². The van der Waals surface area contributed by atoms with Gasteiger partial charge >= 0.3 is 68.0 Å². The maximum absolute atomic E-state index is 10.7. The summed E-state index contributed by atoms with van der Waals surface area (Å²) in [6.07, 6.45) is 4.83. The molecule has 0 aromatic carbocycles. The van der Waals surface area contributed by atoms with Crippen LogP contribution in [0.1, 0.15) is 93.9 Å². The molecule has 0 fully saturated rings. The minimum absolute atomic E-state index is 0.307. The molecule has 8 nitrogen and oxygen atoms in total. The van der Waals surface area contributed by atoms with Crippen LogP contribution in [0.4, 0.5) is 0 Å². The van der Waals surface area contributed by atoms with Gasteiger partial charge in [-0.3, -0.25) is 9.59 Å². The van der Waals surface area contributed by atoms with Crippen LogP contribution in [0.25, 0.3) is 0 Å². The molecule has 0 saturated carbocycles. The molecule has 0 saturated heterocycles. The molecule has 0 aromatic rings. The predicted octanol–water partition coefficient (Wildman–Crippen LogP) is 1.63. The second kappa shape index (κ2) is 22.2. The third-order valence-electron chi connectivity index (χ3n) is 3.81. The first kappa shape index (κ1) is 34.6. The van der Waals surface area contributed by atoms with Crippen molar-refractivity contribution in [3.05, 3.63) is 0 Å². The zero-order valence-corrected chi connectivity index (χ0v) is 23.2. The van der Waals surface area contributed by atoms with E-state index in [-0.39, 0.29) is 11.6 Å². The van der Waals surface area contributed by atoms with E-state index < -0.39 is 45.7 Å². The molecule has 0 radical (unpaired) electrons. The molecular formula is C22H40O8Sn. The normalized spacial score (nSPS) is 11.9. The van der Waals surface area contributed by atoms with Crippen LogP contribution in [-0.2, 0) is 25.3 Å². The summed E-state index contributed by atoms with van der Waals surface area (Å²) >= 11 is -0.929. The van der Waals surface area contributed by atoms with Gasteiger partial charge in [0.2, 0.25) is 0 Å². The van der Waals surface area contributed by atoms with Crippen molar-refractivity contribution in [1.82, 2.24) is 0 Å². The first-order chi connectivity index (χ1) is 14.3. The Balaban J connectivity index is -0.000000382. The largest absolute Gasteiger partial charge is 0.549 e. The molecular weight excluding hydrogens is 511 g/mol. The van der Waals surface area contributed by atoms with E-state index in [1.165, 1.54) is 13.8 Å². The molecule has 0 amide bonds. The average molecular weight is 551 g/mol. The minimum atomic E-state index is -1.24. The molecule has 180 valence electrons. The van der Waals surface area contributed by atoms with E-state index in [0.717, 1.165) is 25.7 Å². The van der Waals surface area contributed by atoms with E-state index >= 15 is 0 Å². The molecule has 0 aliphatic rings. The first-order valence-electron chi connectivity index (χ1n) is 10.8. The number of hydrogen-bond acceptors (Lipinski definition) is 8. The van der Waals surface area contributed by atoms with Crippen molar-refractivity contribution in [3.63, 3.8) is 0 Å². The molecule has 0 rings (SSSR count). The number of Topliss-reactive ketones (excluding diaryl/α,β-unsaturated/α-hetero) is 2. The van der Waals surface area contributed by atoms with Crippen molar-refractivity contribution in [1.29, 1.82) is 0 Å². The van der Waals surface area contributed by atoms with Gasteiger partial charge in [-0.2, -0.15) is 0 Å². The Morgan fingerprint density at radius 1 is 0.710 bits per heavy atom. The summed E-state index contributed by atoms with van der Waals surface area (Å²) in [5.74, 6) is -4.89. The van der Waals surface area contributed by atoms with Crippen molar-refractivity contribution in [2.24, 2.45) is 11.8 Å². The maximum atomic E-state index is 10.7. The minimum Gasteiger partial charge on any atom is -0.549 e. The Kier molecular flexibility index (Phi) is 24.8. The van der Waals surface area contributed by atoms with Crippen LogP contribution in [-0.4, -0.2) is 57.7 Å². The third kappa shape index (κ3) is 25.1. The van der Waals surface area contributed by atoms with Crippen LogP contribution in [0.5, 0.6) is 0 Å². The Labute approximate surface area is 198 Å². The molecule has 2 unspecified atom stereocenters. The number of carbonyl (C=O) groups excluding carboxylic acids is 4. The van der Waals surface area contributed by atoms with Crippen molar-refractivity contribution in [3.8, 4) is 0 Å². The number of ketones is 2. The average Bonchev–Trinajstić information content (AvgIpc) is 2.61. The Hall–Kier alpha value is -1.00. The van der Waals surface area contributed by atoms with Crippen LogP contribution >= 0.6 is 0 Å². The fourth-order valence-corrected chi connectivity index (χ4v) is 3.27. The fraction of sp³-hybridized carbons (Fsp3) is 0.818. The SMILES string of the molecule is CC(C)[O][Sn+2][O]C(C)C.CCCCC(C(C)=O)C(=O)[O-].CCCCC(C(C)=O)C(=O)[O-]. The second-order valence-corrected chi connectivity index (χ2v) is 9.49. The summed E-state index contributed by atoms with van der Waals surface area (Å²) < 4.78 is 10.6. The quantitative estimate of drug-likeness (QED) is 0.235. The molecule has 0 aliphatic heterocycles. The molecule has 0 N–H and O–H groups in total. The molecule has 9 heteroatoms. The van der Waals surface area contributed by atoms with Crippen LogP contribution < -0.4 is 10.2 Å². The van der Waals surface area contributed by atoms with E-state index in [1.807, 2.05) is 41.5 Å². The van der Waals surface area contributed by atoms with Gasteiger partial charge in [0.1, 0.15) is 11.6 Å². The summed E-state index contributed by atoms with van der Waals surface area (Å²) in [7, 11) is 0. The summed E-state index contributed by atoms with van der Waals surface area (Å²) in [6.45, 7) is 14.6. The number of carbonyl (C=O) groups is 4. The molecule has 2 atom stereocenters. The van der Waals surface area contributed by atoms with E-state index in [1.54, 1.807) is 0 Å². The van der Waals surface area contributed by atoms with Gasteiger partial charge in [-0.05, 0) is 26.7 Å². The van der Waals surface area contributed by atoms with Gasteiger partial charge in [-0.25, -0.2) is 0 Å². The van der Waals surface area contributed by atoms with Gasteiger partial charge in [0.25, 0.3) is 0 Å². The van der Waals surface area contributed by atoms with E-state index in [9.17, 15) is 29.4 Å². The van der Waals surface area contributed by atoms with Crippen LogP contribution in [0, 0.1) is 11.8 Å². The third-order valence-corrected chi connectivity index (χ3v) is 7.05. The maximum Gasteiger partial charge on any atom is 0.138 e. The number of carboxylic acids is 2. The second-order valence-electron chi connectivity index (χ2n) is 7.67. The zero-order valence-electron chi connectivity index (χ0n) is 20.3. The summed E-state index contributed by atoms with van der Waals surface area (Å²) in [5.41, 5.74) is 0. The van der Waals surface area contributed by atoms with Crippen LogP contribution in [0.2, 0.25) is 0 Å². The summed E-state index contributed by atoms with van der Waals surface area (Å²) in [4.78, 5) is 42.0. The molecule has 0 aromatic heterocycles. The van der Waals surface area contributed by atoms with Gasteiger partial charge in [0, 0.05) is 0 Å². The smallest absolute Gasteiger partial charge is 0.138 e. The van der Waals surface area contributed by atoms with Crippen molar-refractivity contribution < 1.29 is 35.5 Å². The fourth-order valence-electron chi connectivity index (χ4n) is 2.01. The Bertz CT molecular complexity index is 434. The first-order valence-corrected chi connectivity index (χ1v) is 13.1. The number of hydrogen-bond donors (Lipinski definition) is 0. The number of carboxylic acid groups (broad SMARTS) is 2. The molecule has 0 spiro atoms. The van der Waals surface area contributed by atoms with E-state index in [2.05, 4.69) is 0 Å². The topological polar surface area (TPSA) is 133 Å². The molecule has 0 bridgehead atoms. The Morgan fingerprint density at radius 3 is 1.16 bits per heavy atom. The molecule has 0 heterocycles. The van der Waals surface area contributed by atoms with Gasteiger partial charge in [0.05, 0.1) is 23.8 Å². The summed E-state index contributed by atoms with van der Waals surface area (Å²) in [5, 5.41) is 20.6. The van der Waals surface area contributed by atoms with E-state index in [0.29, 0.717) is 25.0 Å². The predicted molar refractivity (Wildman–Crippen MR) is 116 cm³/mol. The van der Waals surface area contributed by atoms with Gasteiger partial charge in [-0.15, -0.1) is 0 Å². The molecule has 31 heavy (non-hydrogen) atoms. The van der Waals surface area contributed by atoms with Gasteiger partial charge in [0.15, 0.2) is 0 Å². The Morgan fingerprint density at radius 2 is 1.00 bits per heavy atom. The van der Waals surface area contributed by atoms with Gasteiger partial charge < -0.3 is 19.8 Å². The zero-order chi connectivity index (χ0) is 25.0. The van der Waals surface area contributed by atoms with Crippen molar-refractivity contribution >= 4 is 45.5 Å². The van der Waals surface area contributed by atoms with Gasteiger partial charge in [-0.1, -0.05) is 39.5 Å². The van der Waals surface area contributed by atoms with Crippen LogP contribution in [0.15, 0.2) is 0 Å². The molecule has 0 aliphatic carbocycles. The number of aliphatic carboxylic acids is 2. The van der Waals surface area contributed by atoms with Crippen molar-refractivity contribution in [2.75, 3.05) is 0 Å². The standard InChI is InChI=1S/2C8H14O3.2C3H7O.Sn/c2*1-3-4-5-7(6(2)9)8(10)11;2*1-3(2)4;/h2*7H,3-5H2,1-2H3,(H,10,11);2*3H,1-2H3;/q;;2*-1;+4/p-2. The van der Waals surface area contributed by atoms with Crippen LogP contribution in [0.3, 0.4) is 0 Å².